The first-order chi connectivity index (χ1) is 13.6. The number of methoxy groups -OCH3 is 1. The number of nitrogens with zero attached hydrogens (tertiary/aromatic N) is 5. The van der Waals surface area contributed by atoms with Gasteiger partial charge in [0, 0.05) is 18.6 Å². The van der Waals surface area contributed by atoms with E-state index >= 15 is 0 Å². The summed E-state index contributed by atoms with van der Waals surface area (Å²) in [5.74, 6) is 1.03. The fraction of sp³-hybridized carbons (Fsp3) is 0.250. The Morgan fingerprint density at radius 2 is 2.18 bits per heavy atom. The standard InChI is InChI=1S/C20H21N5O3/c1-14(12-24-20(21-2)27-3)15-5-6-17-16(11-15)19(26)25(9-10-28-17)13-18-22-7-4-8-23-18/h4-8,11-12H,2,9-10,13H2,1,3H3/b14-12+,24-20?. The number of carbonyl (C=O) groups is 1. The number of allylic oxidation sites excluding steroid dienone is 1. The molecule has 0 atom stereocenters. The minimum absolute atomic E-state index is 0.122. The smallest absolute Gasteiger partial charge is 0.315 e. The number of fused-ring (bicyclic) bond motifs is 1. The molecule has 0 bridgehead atoms. The summed E-state index contributed by atoms with van der Waals surface area (Å²) in [6, 6.07) is 7.40. The second kappa shape index (κ2) is 8.90. The lowest BCUT2D eigenvalue weighted by Crippen LogP contribution is -2.32. The lowest BCUT2D eigenvalue weighted by Gasteiger charge is -2.19. The van der Waals surface area contributed by atoms with Gasteiger partial charge in [-0.15, -0.1) is 0 Å². The van der Waals surface area contributed by atoms with Gasteiger partial charge in [-0.3, -0.25) is 4.79 Å². The van der Waals surface area contributed by atoms with Crippen LogP contribution in [0, 0.1) is 0 Å². The highest BCUT2D eigenvalue weighted by Gasteiger charge is 2.24. The molecule has 28 heavy (non-hydrogen) atoms. The normalized spacial score (nSPS) is 14.8. The van der Waals surface area contributed by atoms with Crippen molar-refractivity contribution in [2.75, 3.05) is 20.3 Å². The molecule has 8 heteroatoms. The summed E-state index contributed by atoms with van der Waals surface area (Å²) >= 11 is 0. The van der Waals surface area contributed by atoms with E-state index in [0.717, 1.165) is 11.1 Å². The summed E-state index contributed by atoms with van der Waals surface area (Å²) < 4.78 is 10.7. The maximum absolute atomic E-state index is 13.1. The molecule has 1 aromatic carbocycles. The summed E-state index contributed by atoms with van der Waals surface area (Å²) in [5.41, 5.74) is 2.18. The van der Waals surface area contributed by atoms with Crippen LogP contribution in [0.15, 0.2) is 52.8 Å². The summed E-state index contributed by atoms with van der Waals surface area (Å²) in [7, 11) is 1.47. The van der Waals surface area contributed by atoms with E-state index in [2.05, 4.69) is 26.7 Å². The van der Waals surface area contributed by atoms with Crippen LogP contribution in [0.1, 0.15) is 28.7 Å². The summed E-state index contributed by atoms with van der Waals surface area (Å²) in [5, 5.41) is 0. The molecule has 8 nitrogen and oxygen atoms in total. The number of rotatable bonds is 4. The third-order valence-electron chi connectivity index (χ3n) is 4.21. The first-order valence-electron chi connectivity index (χ1n) is 8.70. The minimum Gasteiger partial charge on any atom is -0.491 e. The maximum atomic E-state index is 13.1. The van der Waals surface area contributed by atoms with E-state index in [9.17, 15) is 4.79 Å². The van der Waals surface area contributed by atoms with Crippen molar-refractivity contribution in [1.82, 2.24) is 14.9 Å². The van der Waals surface area contributed by atoms with E-state index in [0.29, 0.717) is 36.8 Å². The quantitative estimate of drug-likeness (QED) is 0.602. The van der Waals surface area contributed by atoms with Crippen LogP contribution < -0.4 is 4.74 Å². The van der Waals surface area contributed by atoms with Gasteiger partial charge in [0.05, 0.1) is 25.8 Å². The Bertz CT molecular complexity index is 925. The molecule has 144 valence electrons. The van der Waals surface area contributed by atoms with E-state index in [1.165, 1.54) is 7.11 Å². The Morgan fingerprint density at radius 1 is 1.39 bits per heavy atom. The van der Waals surface area contributed by atoms with Crippen molar-refractivity contribution in [2.24, 2.45) is 9.98 Å². The van der Waals surface area contributed by atoms with Crippen LogP contribution in [-0.2, 0) is 11.3 Å². The average molecular weight is 379 g/mol. The Hall–Kier alpha value is -3.55. The van der Waals surface area contributed by atoms with Crippen molar-refractivity contribution < 1.29 is 14.3 Å². The van der Waals surface area contributed by atoms with Crippen LogP contribution in [0.4, 0.5) is 0 Å². The molecular formula is C20H21N5O3. The van der Waals surface area contributed by atoms with Crippen LogP contribution in [-0.4, -0.2) is 53.8 Å². The molecule has 1 amide bonds. The van der Waals surface area contributed by atoms with Crippen molar-refractivity contribution in [3.8, 4) is 5.75 Å². The Morgan fingerprint density at radius 3 is 2.89 bits per heavy atom. The molecule has 2 heterocycles. The highest BCUT2D eigenvalue weighted by molar-refractivity contribution is 5.98. The average Bonchev–Trinajstić information content (AvgIpc) is 2.88. The Labute approximate surface area is 163 Å². The van der Waals surface area contributed by atoms with Crippen molar-refractivity contribution in [2.45, 2.75) is 13.5 Å². The highest BCUT2D eigenvalue weighted by Crippen LogP contribution is 2.27. The summed E-state index contributed by atoms with van der Waals surface area (Å²) in [4.78, 5) is 30.9. The number of benzene rings is 1. The number of amides is 1. The molecule has 1 aliphatic heterocycles. The number of amidine groups is 1. The maximum Gasteiger partial charge on any atom is 0.315 e. The molecule has 1 aromatic heterocycles. The van der Waals surface area contributed by atoms with Gasteiger partial charge in [-0.05, 0) is 43.0 Å². The van der Waals surface area contributed by atoms with E-state index < -0.39 is 0 Å². The van der Waals surface area contributed by atoms with Gasteiger partial charge in [-0.25, -0.2) is 20.0 Å². The first-order valence-corrected chi connectivity index (χ1v) is 8.70. The first kappa shape index (κ1) is 19.2. The largest absolute Gasteiger partial charge is 0.491 e. The Kier molecular flexibility index (Phi) is 6.11. The molecule has 0 fully saturated rings. The van der Waals surface area contributed by atoms with Gasteiger partial charge in [0.15, 0.2) is 0 Å². The molecule has 1 aliphatic rings. The number of aliphatic imine (C=N–C) groups is 2. The van der Waals surface area contributed by atoms with Gasteiger partial charge >= 0.3 is 6.02 Å². The lowest BCUT2D eigenvalue weighted by atomic mass is 10.0. The molecule has 0 unspecified atom stereocenters. The van der Waals surface area contributed by atoms with Gasteiger partial charge in [-0.2, -0.15) is 0 Å². The minimum atomic E-state index is -0.122. The molecule has 0 radical (unpaired) electrons. The summed E-state index contributed by atoms with van der Waals surface area (Å²) in [6.07, 6.45) is 4.94. The fourth-order valence-corrected chi connectivity index (χ4v) is 2.72. The highest BCUT2D eigenvalue weighted by atomic mass is 16.5. The zero-order valence-corrected chi connectivity index (χ0v) is 15.8. The Balaban J connectivity index is 1.88. The zero-order chi connectivity index (χ0) is 19.9. The van der Waals surface area contributed by atoms with Crippen LogP contribution in [0.2, 0.25) is 0 Å². The number of aromatic nitrogens is 2. The SMILES string of the molecule is C=NC(=N/C=C(\C)c1ccc2c(c1)C(=O)N(Cc1ncccn1)CCO2)OC. The predicted octanol–water partition coefficient (Wildman–Crippen LogP) is 2.58. The number of hydrogen-bond donors (Lipinski definition) is 0. The van der Waals surface area contributed by atoms with Crippen molar-refractivity contribution >= 4 is 24.2 Å². The van der Waals surface area contributed by atoms with E-state index in [4.69, 9.17) is 9.47 Å². The van der Waals surface area contributed by atoms with Gasteiger partial charge in [0.1, 0.15) is 18.2 Å². The second-order valence-electron chi connectivity index (χ2n) is 6.04. The molecule has 0 saturated heterocycles. The number of ether oxygens (including phenoxy) is 2. The molecule has 0 aliphatic carbocycles. The van der Waals surface area contributed by atoms with Crippen molar-refractivity contribution in [3.63, 3.8) is 0 Å². The van der Waals surface area contributed by atoms with Crippen molar-refractivity contribution in [3.05, 3.63) is 59.8 Å². The number of carbonyl (C=O) groups excluding carboxylic acids is 1. The van der Waals surface area contributed by atoms with Crippen LogP contribution >= 0.6 is 0 Å². The topological polar surface area (TPSA) is 89.3 Å². The van der Waals surface area contributed by atoms with Crippen molar-refractivity contribution in [1.29, 1.82) is 0 Å². The third kappa shape index (κ3) is 4.40. The van der Waals surface area contributed by atoms with Crippen LogP contribution in [0.5, 0.6) is 5.75 Å². The lowest BCUT2D eigenvalue weighted by molar-refractivity contribution is 0.0738. The third-order valence-corrected chi connectivity index (χ3v) is 4.21. The molecule has 3 rings (SSSR count). The fourth-order valence-electron chi connectivity index (χ4n) is 2.72. The molecular weight excluding hydrogens is 358 g/mol. The van der Waals surface area contributed by atoms with Gasteiger partial charge < -0.3 is 14.4 Å². The predicted molar refractivity (Wildman–Crippen MR) is 106 cm³/mol. The monoisotopic (exact) mass is 379 g/mol. The molecule has 0 spiro atoms. The summed E-state index contributed by atoms with van der Waals surface area (Å²) in [6.45, 7) is 6.48. The van der Waals surface area contributed by atoms with E-state index in [-0.39, 0.29) is 11.9 Å². The van der Waals surface area contributed by atoms with E-state index in [1.807, 2.05) is 13.0 Å². The van der Waals surface area contributed by atoms with Gasteiger partial charge in [-0.1, -0.05) is 6.07 Å². The molecule has 0 N–H and O–H groups in total. The zero-order valence-electron chi connectivity index (χ0n) is 15.8. The number of hydrogen-bond acceptors (Lipinski definition) is 6. The second-order valence-corrected chi connectivity index (χ2v) is 6.04. The van der Waals surface area contributed by atoms with Crippen LogP contribution in [0.3, 0.4) is 0 Å². The molecule has 2 aromatic rings. The van der Waals surface area contributed by atoms with Gasteiger partial charge in [0.25, 0.3) is 5.91 Å². The molecule has 0 saturated carbocycles. The van der Waals surface area contributed by atoms with E-state index in [1.54, 1.807) is 41.7 Å². The van der Waals surface area contributed by atoms with Crippen LogP contribution in [0.25, 0.3) is 5.57 Å². The van der Waals surface area contributed by atoms with Gasteiger partial charge in [0.2, 0.25) is 0 Å².